The second-order valence-corrected chi connectivity index (χ2v) is 6.38. The average molecular weight is 336 g/mol. The Bertz CT molecular complexity index is 891. The van der Waals surface area contributed by atoms with Crippen molar-refractivity contribution >= 4 is 11.6 Å². The van der Waals surface area contributed by atoms with Crippen LogP contribution >= 0.6 is 0 Å². The molecule has 1 aromatic carbocycles. The number of hydrogen-bond acceptors (Lipinski definition) is 5. The van der Waals surface area contributed by atoms with Gasteiger partial charge in [-0.2, -0.15) is 5.10 Å². The number of benzene rings is 1. The standard InChI is InChI=1S/C19H20N4O2/c1-14-17(18-20-9-5-10-23(18)21-14)19(24)25-16-8-11-22(13-16)12-15-6-3-2-4-7-15/h2-7,9-10,16H,8,11-13H2,1H3/t16-/m1/s1. The number of carbonyl (C=O) groups excluding carboxylic acids is 1. The molecule has 0 N–H and O–H groups in total. The van der Waals surface area contributed by atoms with Crippen molar-refractivity contribution in [2.24, 2.45) is 0 Å². The number of likely N-dealkylation sites (tertiary alicyclic amines) is 1. The van der Waals surface area contributed by atoms with Gasteiger partial charge in [0, 0.05) is 32.0 Å². The smallest absolute Gasteiger partial charge is 0.344 e. The summed E-state index contributed by atoms with van der Waals surface area (Å²) in [7, 11) is 0. The van der Waals surface area contributed by atoms with Crippen LogP contribution in [0.25, 0.3) is 5.65 Å². The largest absolute Gasteiger partial charge is 0.457 e. The van der Waals surface area contributed by atoms with Crippen molar-refractivity contribution in [1.29, 1.82) is 0 Å². The van der Waals surface area contributed by atoms with Crippen LogP contribution in [0.5, 0.6) is 0 Å². The molecule has 0 aliphatic carbocycles. The van der Waals surface area contributed by atoms with Crippen molar-refractivity contribution in [1.82, 2.24) is 19.5 Å². The summed E-state index contributed by atoms with van der Waals surface area (Å²) in [6.45, 7) is 4.37. The summed E-state index contributed by atoms with van der Waals surface area (Å²) in [6, 6.07) is 12.1. The first kappa shape index (κ1) is 15.8. The monoisotopic (exact) mass is 336 g/mol. The third kappa shape index (κ3) is 3.25. The quantitative estimate of drug-likeness (QED) is 0.685. The molecule has 6 heteroatoms. The van der Waals surface area contributed by atoms with E-state index < -0.39 is 0 Å². The number of rotatable bonds is 4. The molecule has 6 nitrogen and oxygen atoms in total. The Morgan fingerprint density at radius 2 is 2.12 bits per heavy atom. The van der Waals surface area contributed by atoms with Gasteiger partial charge in [0.05, 0.1) is 5.69 Å². The zero-order chi connectivity index (χ0) is 17.2. The number of hydrogen-bond donors (Lipinski definition) is 0. The lowest BCUT2D eigenvalue weighted by atomic mass is 10.2. The highest BCUT2D eigenvalue weighted by molar-refractivity contribution is 5.97. The molecule has 0 saturated carbocycles. The highest BCUT2D eigenvalue weighted by Gasteiger charge is 2.28. The molecule has 4 rings (SSSR count). The Balaban J connectivity index is 1.42. The second kappa shape index (κ2) is 6.64. The van der Waals surface area contributed by atoms with E-state index in [-0.39, 0.29) is 12.1 Å². The second-order valence-electron chi connectivity index (χ2n) is 6.38. The Morgan fingerprint density at radius 3 is 2.96 bits per heavy atom. The first-order valence-corrected chi connectivity index (χ1v) is 8.48. The highest BCUT2D eigenvalue weighted by atomic mass is 16.5. The third-order valence-corrected chi connectivity index (χ3v) is 4.53. The number of aryl methyl sites for hydroxylation is 1. The molecule has 25 heavy (non-hydrogen) atoms. The van der Waals surface area contributed by atoms with E-state index in [0.29, 0.717) is 16.9 Å². The first-order chi connectivity index (χ1) is 12.2. The van der Waals surface area contributed by atoms with E-state index in [0.717, 1.165) is 26.1 Å². The lowest BCUT2D eigenvalue weighted by Gasteiger charge is -2.16. The van der Waals surface area contributed by atoms with Crippen LogP contribution in [-0.2, 0) is 11.3 Å². The predicted molar refractivity (Wildman–Crippen MR) is 93.3 cm³/mol. The van der Waals surface area contributed by atoms with E-state index in [4.69, 9.17) is 4.74 Å². The van der Waals surface area contributed by atoms with E-state index in [1.54, 1.807) is 23.0 Å². The Morgan fingerprint density at radius 1 is 1.28 bits per heavy atom. The summed E-state index contributed by atoms with van der Waals surface area (Å²) >= 11 is 0. The minimum atomic E-state index is -0.335. The molecular weight excluding hydrogens is 316 g/mol. The van der Waals surface area contributed by atoms with Crippen molar-refractivity contribution in [3.05, 3.63) is 65.6 Å². The van der Waals surface area contributed by atoms with Gasteiger partial charge >= 0.3 is 5.97 Å². The van der Waals surface area contributed by atoms with Crippen LogP contribution in [-0.4, -0.2) is 44.7 Å². The van der Waals surface area contributed by atoms with Crippen molar-refractivity contribution < 1.29 is 9.53 Å². The molecule has 1 aliphatic heterocycles. The van der Waals surface area contributed by atoms with Gasteiger partial charge in [-0.25, -0.2) is 14.3 Å². The summed E-state index contributed by atoms with van der Waals surface area (Å²) in [5.74, 6) is -0.335. The lowest BCUT2D eigenvalue weighted by molar-refractivity contribution is 0.0322. The molecule has 0 unspecified atom stereocenters. The third-order valence-electron chi connectivity index (χ3n) is 4.53. The van der Waals surface area contributed by atoms with Gasteiger partial charge in [0.1, 0.15) is 11.7 Å². The molecule has 0 bridgehead atoms. The van der Waals surface area contributed by atoms with E-state index in [9.17, 15) is 4.79 Å². The molecular formula is C19H20N4O2. The predicted octanol–water partition coefficient (Wildman–Crippen LogP) is 2.47. The van der Waals surface area contributed by atoms with E-state index in [1.807, 2.05) is 25.1 Å². The SMILES string of the molecule is Cc1nn2cccnc2c1C(=O)O[C@@H]1CCN(Cc2ccccc2)C1. The van der Waals surface area contributed by atoms with E-state index in [1.165, 1.54) is 5.56 Å². The number of nitrogens with zero attached hydrogens (tertiary/aromatic N) is 4. The van der Waals surface area contributed by atoms with Crippen LogP contribution in [0.1, 0.15) is 28.0 Å². The fourth-order valence-electron chi connectivity index (χ4n) is 3.32. The van der Waals surface area contributed by atoms with Gasteiger partial charge in [-0.05, 0) is 25.0 Å². The van der Waals surface area contributed by atoms with Crippen molar-refractivity contribution in [2.45, 2.75) is 26.0 Å². The molecule has 1 aliphatic rings. The van der Waals surface area contributed by atoms with Crippen LogP contribution in [0.15, 0.2) is 48.8 Å². The topological polar surface area (TPSA) is 59.7 Å². The molecule has 1 saturated heterocycles. The molecule has 1 fully saturated rings. The van der Waals surface area contributed by atoms with Gasteiger partial charge in [-0.3, -0.25) is 4.90 Å². The molecule has 0 radical (unpaired) electrons. The normalized spacial score (nSPS) is 17.9. The van der Waals surface area contributed by atoms with Gasteiger partial charge in [-0.1, -0.05) is 30.3 Å². The van der Waals surface area contributed by atoms with Crippen molar-refractivity contribution in [2.75, 3.05) is 13.1 Å². The number of ether oxygens (including phenoxy) is 1. The van der Waals surface area contributed by atoms with Crippen LogP contribution in [0.4, 0.5) is 0 Å². The van der Waals surface area contributed by atoms with Gasteiger partial charge in [0.15, 0.2) is 5.65 Å². The van der Waals surface area contributed by atoms with Crippen LogP contribution in [0.3, 0.4) is 0 Å². The molecule has 0 amide bonds. The summed E-state index contributed by atoms with van der Waals surface area (Å²) in [5.41, 5.74) is 2.92. The number of carbonyl (C=O) groups is 1. The van der Waals surface area contributed by atoms with Crippen LogP contribution in [0, 0.1) is 6.92 Å². The average Bonchev–Trinajstić information content (AvgIpc) is 3.18. The number of aromatic nitrogens is 3. The molecule has 0 spiro atoms. The molecule has 1 atom stereocenters. The fraction of sp³-hybridized carbons (Fsp3) is 0.316. The highest BCUT2D eigenvalue weighted by Crippen LogP contribution is 2.20. The zero-order valence-electron chi connectivity index (χ0n) is 14.1. The van der Waals surface area contributed by atoms with Crippen LogP contribution < -0.4 is 0 Å². The maximum absolute atomic E-state index is 12.6. The fourth-order valence-corrected chi connectivity index (χ4v) is 3.32. The lowest BCUT2D eigenvalue weighted by Crippen LogP contribution is -2.25. The summed E-state index contributed by atoms with van der Waals surface area (Å²) in [5, 5.41) is 4.32. The molecule has 2 aromatic heterocycles. The van der Waals surface area contributed by atoms with E-state index in [2.05, 4.69) is 27.1 Å². The summed E-state index contributed by atoms with van der Waals surface area (Å²) in [6.07, 6.45) is 4.20. The maximum Gasteiger partial charge on any atom is 0.344 e. The van der Waals surface area contributed by atoms with Crippen molar-refractivity contribution in [3.8, 4) is 0 Å². The van der Waals surface area contributed by atoms with Gasteiger partial charge in [0.2, 0.25) is 0 Å². The minimum Gasteiger partial charge on any atom is -0.457 e. The first-order valence-electron chi connectivity index (χ1n) is 8.48. The molecule has 128 valence electrons. The Labute approximate surface area is 146 Å². The number of esters is 1. The van der Waals surface area contributed by atoms with Gasteiger partial charge in [-0.15, -0.1) is 0 Å². The van der Waals surface area contributed by atoms with Gasteiger partial charge < -0.3 is 4.74 Å². The summed E-state index contributed by atoms with van der Waals surface area (Å²) in [4.78, 5) is 19.2. The Kier molecular flexibility index (Phi) is 4.19. The Hall–Kier alpha value is -2.73. The van der Waals surface area contributed by atoms with E-state index >= 15 is 0 Å². The molecule has 3 heterocycles. The van der Waals surface area contributed by atoms with Gasteiger partial charge in [0.25, 0.3) is 0 Å². The molecule has 3 aromatic rings. The maximum atomic E-state index is 12.6. The minimum absolute atomic E-state index is 0.0886. The number of fused-ring (bicyclic) bond motifs is 1. The van der Waals surface area contributed by atoms with Crippen LogP contribution in [0.2, 0.25) is 0 Å². The van der Waals surface area contributed by atoms with Crippen molar-refractivity contribution in [3.63, 3.8) is 0 Å². The summed E-state index contributed by atoms with van der Waals surface area (Å²) < 4.78 is 7.35. The zero-order valence-corrected chi connectivity index (χ0v) is 14.1.